The zero-order valence-electron chi connectivity index (χ0n) is 10.1. The van der Waals surface area contributed by atoms with Crippen molar-refractivity contribution in [3.8, 4) is 0 Å². The summed E-state index contributed by atoms with van der Waals surface area (Å²) in [4.78, 5) is 9.75. The normalized spacial score (nSPS) is 10.3. The molecule has 2 aromatic rings. The molecule has 0 unspecified atom stereocenters. The summed E-state index contributed by atoms with van der Waals surface area (Å²) in [6, 6.07) is 6.47. The Labute approximate surface area is 112 Å². The molecule has 0 saturated carbocycles. The first kappa shape index (κ1) is 13.9. The van der Waals surface area contributed by atoms with Crippen LogP contribution in [0.1, 0.15) is 5.56 Å². The average molecular weight is 282 g/mol. The van der Waals surface area contributed by atoms with Gasteiger partial charge in [0, 0.05) is 12.6 Å². The third-order valence-electron chi connectivity index (χ3n) is 2.63. The van der Waals surface area contributed by atoms with Gasteiger partial charge < -0.3 is 5.32 Å². The summed E-state index contributed by atoms with van der Waals surface area (Å²) in [7, 11) is 0. The Morgan fingerprint density at radius 1 is 1.00 bits per heavy atom. The lowest BCUT2D eigenvalue weighted by atomic mass is 10.2. The Morgan fingerprint density at radius 3 is 2.35 bits per heavy atom. The predicted octanol–water partition coefficient (Wildman–Crippen LogP) is 3.62. The first-order valence-electron chi connectivity index (χ1n) is 5.59. The van der Waals surface area contributed by atoms with Crippen LogP contribution in [0.25, 0.3) is 0 Å². The van der Waals surface area contributed by atoms with E-state index in [0.29, 0.717) is 5.56 Å². The summed E-state index contributed by atoms with van der Waals surface area (Å²) in [5.41, 5.74) is 0.0999. The van der Waals surface area contributed by atoms with Crippen molar-refractivity contribution in [1.82, 2.24) is 0 Å². The number of halogens is 3. The molecule has 0 saturated heterocycles. The lowest BCUT2D eigenvalue weighted by molar-refractivity contribution is -0.385. The van der Waals surface area contributed by atoms with Crippen molar-refractivity contribution in [2.75, 3.05) is 5.32 Å². The fourth-order valence-electron chi connectivity index (χ4n) is 1.61. The molecule has 0 aromatic heterocycles. The van der Waals surface area contributed by atoms with Crippen molar-refractivity contribution < 1.29 is 18.1 Å². The Kier molecular flexibility index (Phi) is 3.88. The van der Waals surface area contributed by atoms with Crippen molar-refractivity contribution in [3.05, 3.63) is 69.5 Å². The molecule has 0 spiro atoms. The smallest absolute Gasteiger partial charge is 0.272 e. The molecule has 2 aromatic carbocycles. The number of rotatable bonds is 4. The fourth-order valence-corrected chi connectivity index (χ4v) is 1.61. The van der Waals surface area contributed by atoms with Crippen LogP contribution >= 0.6 is 0 Å². The van der Waals surface area contributed by atoms with Gasteiger partial charge in [0.2, 0.25) is 0 Å². The van der Waals surface area contributed by atoms with Gasteiger partial charge in [-0.3, -0.25) is 10.1 Å². The van der Waals surface area contributed by atoms with E-state index in [2.05, 4.69) is 5.32 Å². The van der Waals surface area contributed by atoms with Crippen LogP contribution in [0.4, 0.5) is 24.5 Å². The number of nitrogens with one attached hydrogen (secondary N) is 1. The Balaban J connectivity index is 2.10. The lowest BCUT2D eigenvalue weighted by Gasteiger charge is -2.07. The number of anilines is 1. The SMILES string of the molecule is O=[N+]([O-])c1ccc(NCc2ccc(F)c(F)c2)c(F)c1. The standard InChI is InChI=1S/C13H9F3N2O2/c14-10-3-1-8(5-11(10)15)7-17-13-4-2-9(18(19)20)6-12(13)16/h1-6,17H,7H2. The van der Waals surface area contributed by atoms with Crippen LogP contribution < -0.4 is 5.32 Å². The van der Waals surface area contributed by atoms with Gasteiger partial charge in [-0.1, -0.05) is 6.07 Å². The topological polar surface area (TPSA) is 55.2 Å². The number of nitro benzene ring substituents is 1. The van der Waals surface area contributed by atoms with E-state index in [0.717, 1.165) is 24.3 Å². The summed E-state index contributed by atoms with van der Waals surface area (Å²) in [6.45, 7) is 0.0614. The van der Waals surface area contributed by atoms with E-state index in [4.69, 9.17) is 0 Å². The molecule has 20 heavy (non-hydrogen) atoms. The first-order chi connectivity index (χ1) is 9.47. The van der Waals surface area contributed by atoms with E-state index >= 15 is 0 Å². The maximum absolute atomic E-state index is 13.6. The molecule has 4 nitrogen and oxygen atoms in total. The number of hydrogen-bond donors (Lipinski definition) is 1. The van der Waals surface area contributed by atoms with Gasteiger partial charge in [0.15, 0.2) is 17.5 Å². The molecule has 7 heteroatoms. The highest BCUT2D eigenvalue weighted by Crippen LogP contribution is 2.21. The highest BCUT2D eigenvalue weighted by Gasteiger charge is 2.10. The monoisotopic (exact) mass is 282 g/mol. The van der Waals surface area contributed by atoms with Crippen molar-refractivity contribution in [2.24, 2.45) is 0 Å². The minimum atomic E-state index is -0.992. The van der Waals surface area contributed by atoms with Crippen molar-refractivity contribution in [2.45, 2.75) is 6.54 Å². The molecular weight excluding hydrogens is 273 g/mol. The summed E-state index contributed by atoms with van der Waals surface area (Å²) < 4.78 is 39.3. The second-order valence-electron chi connectivity index (χ2n) is 4.02. The highest BCUT2D eigenvalue weighted by atomic mass is 19.2. The minimum Gasteiger partial charge on any atom is -0.379 e. The number of hydrogen-bond acceptors (Lipinski definition) is 3. The molecule has 0 amide bonds. The van der Waals surface area contributed by atoms with Crippen LogP contribution in [0, 0.1) is 27.6 Å². The van der Waals surface area contributed by atoms with Gasteiger partial charge in [-0.2, -0.15) is 0 Å². The molecule has 0 fully saturated rings. The molecular formula is C13H9F3N2O2. The van der Waals surface area contributed by atoms with Crippen LogP contribution in [0.15, 0.2) is 36.4 Å². The maximum atomic E-state index is 13.6. The van der Waals surface area contributed by atoms with Crippen LogP contribution in [0.3, 0.4) is 0 Å². The summed E-state index contributed by atoms with van der Waals surface area (Å²) in [5.74, 6) is -2.74. The fraction of sp³-hybridized carbons (Fsp3) is 0.0769. The van der Waals surface area contributed by atoms with E-state index in [9.17, 15) is 23.3 Å². The average Bonchev–Trinajstić information content (AvgIpc) is 2.41. The van der Waals surface area contributed by atoms with Crippen molar-refractivity contribution in [1.29, 1.82) is 0 Å². The van der Waals surface area contributed by atoms with Crippen LogP contribution in [-0.2, 0) is 6.54 Å². The van der Waals surface area contributed by atoms with Crippen molar-refractivity contribution in [3.63, 3.8) is 0 Å². The summed E-state index contributed by atoms with van der Waals surface area (Å²) in [5, 5.41) is 13.1. The van der Waals surface area contributed by atoms with E-state index in [-0.39, 0.29) is 17.9 Å². The Hall–Kier alpha value is -2.57. The summed E-state index contributed by atoms with van der Waals surface area (Å²) in [6.07, 6.45) is 0. The first-order valence-corrected chi connectivity index (χ1v) is 5.59. The molecule has 0 bridgehead atoms. The number of nitrogens with zero attached hydrogens (tertiary/aromatic N) is 1. The van der Waals surface area contributed by atoms with Gasteiger partial charge in [0.05, 0.1) is 16.7 Å². The van der Waals surface area contributed by atoms with Crippen LogP contribution in [0.2, 0.25) is 0 Å². The Morgan fingerprint density at radius 2 is 1.75 bits per heavy atom. The molecule has 1 N–H and O–H groups in total. The quantitative estimate of drug-likeness (QED) is 0.688. The lowest BCUT2D eigenvalue weighted by Crippen LogP contribution is -2.03. The van der Waals surface area contributed by atoms with E-state index in [1.165, 1.54) is 12.1 Å². The number of non-ortho nitro benzene ring substituents is 1. The van der Waals surface area contributed by atoms with Gasteiger partial charge in [-0.25, -0.2) is 13.2 Å². The molecule has 0 heterocycles. The zero-order chi connectivity index (χ0) is 14.7. The van der Waals surface area contributed by atoms with Gasteiger partial charge in [-0.05, 0) is 23.8 Å². The van der Waals surface area contributed by atoms with Crippen molar-refractivity contribution >= 4 is 11.4 Å². The van der Waals surface area contributed by atoms with Gasteiger partial charge in [-0.15, -0.1) is 0 Å². The largest absolute Gasteiger partial charge is 0.379 e. The second-order valence-corrected chi connectivity index (χ2v) is 4.02. The van der Waals surface area contributed by atoms with Gasteiger partial charge in [0.1, 0.15) is 0 Å². The van der Waals surface area contributed by atoms with Gasteiger partial charge >= 0.3 is 0 Å². The minimum absolute atomic E-state index is 0.0420. The predicted molar refractivity (Wildman–Crippen MR) is 66.7 cm³/mol. The molecule has 0 radical (unpaired) electrons. The number of benzene rings is 2. The maximum Gasteiger partial charge on any atom is 0.272 e. The van der Waals surface area contributed by atoms with E-state index in [1.54, 1.807) is 0 Å². The summed E-state index contributed by atoms with van der Waals surface area (Å²) >= 11 is 0. The highest BCUT2D eigenvalue weighted by molar-refractivity contribution is 5.50. The molecule has 0 aliphatic heterocycles. The number of nitro groups is 1. The second kappa shape index (κ2) is 5.60. The molecule has 0 aliphatic rings. The van der Waals surface area contributed by atoms with Crippen LogP contribution in [0.5, 0.6) is 0 Å². The van der Waals surface area contributed by atoms with Gasteiger partial charge in [0.25, 0.3) is 5.69 Å². The molecule has 104 valence electrons. The third-order valence-corrected chi connectivity index (χ3v) is 2.63. The van der Waals surface area contributed by atoms with E-state index in [1.807, 2.05) is 0 Å². The van der Waals surface area contributed by atoms with E-state index < -0.39 is 22.4 Å². The third kappa shape index (κ3) is 3.05. The molecule has 0 atom stereocenters. The molecule has 0 aliphatic carbocycles. The van der Waals surface area contributed by atoms with Crippen LogP contribution in [-0.4, -0.2) is 4.92 Å². The Bertz CT molecular complexity index is 662. The zero-order valence-corrected chi connectivity index (χ0v) is 10.1. The molecule has 2 rings (SSSR count).